The van der Waals surface area contributed by atoms with Gasteiger partial charge in [0.1, 0.15) is 29.3 Å². The number of piperidine rings is 1. The normalized spacial score (nSPS) is 22.1. The fourth-order valence-electron chi connectivity index (χ4n) is 4.94. The van der Waals surface area contributed by atoms with Crippen LogP contribution in [0.2, 0.25) is 5.02 Å². The quantitative estimate of drug-likeness (QED) is 0.208. The molecule has 3 aromatic carbocycles. The van der Waals surface area contributed by atoms with Crippen LogP contribution in [0.25, 0.3) is 0 Å². The molecule has 0 aromatic heterocycles. The van der Waals surface area contributed by atoms with Crippen molar-refractivity contribution in [2.45, 2.75) is 21.8 Å². The van der Waals surface area contributed by atoms with Gasteiger partial charge in [-0.2, -0.15) is 0 Å². The summed E-state index contributed by atoms with van der Waals surface area (Å²) in [4.78, 5) is 26.6. The molecule has 7 nitrogen and oxygen atoms in total. The number of carbonyl (C=O) groups is 2. The first-order chi connectivity index (χ1) is 17.9. The zero-order valence-corrected chi connectivity index (χ0v) is 22.4. The molecule has 0 bridgehead atoms. The van der Waals surface area contributed by atoms with Gasteiger partial charge in [-0.15, -0.1) is 6.42 Å². The van der Waals surface area contributed by atoms with Gasteiger partial charge in [0, 0.05) is 32.2 Å². The third kappa shape index (κ3) is 4.52. The van der Waals surface area contributed by atoms with Crippen LogP contribution in [0.3, 0.4) is 0 Å². The number of alkyl halides is 1. The van der Waals surface area contributed by atoms with E-state index in [0.29, 0.717) is 39.1 Å². The summed E-state index contributed by atoms with van der Waals surface area (Å²) in [5.74, 6) is 3.81. The van der Waals surface area contributed by atoms with Crippen LogP contribution < -0.4 is 20.1 Å². The number of rotatable bonds is 6. The second-order valence-electron chi connectivity index (χ2n) is 8.73. The van der Waals surface area contributed by atoms with E-state index in [9.17, 15) is 9.59 Å². The summed E-state index contributed by atoms with van der Waals surface area (Å²) in [6.07, 6.45) is 5.90. The lowest BCUT2D eigenvalue weighted by molar-refractivity contribution is -0.129. The van der Waals surface area contributed by atoms with Crippen LogP contribution in [0.5, 0.6) is 17.2 Å². The Hall–Kier alpha value is -3.26. The third-order valence-electron chi connectivity index (χ3n) is 6.57. The lowest BCUT2D eigenvalue weighted by atomic mass is 9.67. The Balaban J connectivity index is 1.62. The minimum atomic E-state index is -1.11. The monoisotopic (exact) mass is 628 g/mol. The minimum absolute atomic E-state index is 0.0846. The second kappa shape index (κ2) is 10.2. The minimum Gasteiger partial charge on any atom is -0.491 e. The van der Waals surface area contributed by atoms with Gasteiger partial charge in [0.25, 0.3) is 0 Å². The highest BCUT2D eigenvalue weighted by Gasteiger charge is 2.60. The van der Waals surface area contributed by atoms with Gasteiger partial charge in [0.15, 0.2) is 0 Å². The molecular weight excluding hydrogens is 607 g/mol. The number of benzene rings is 3. The van der Waals surface area contributed by atoms with Crippen LogP contribution in [0.1, 0.15) is 29.2 Å². The largest absolute Gasteiger partial charge is 0.491 e. The van der Waals surface area contributed by atoms with Gasteiger partial charge >= 0.3 is 0 Å². The van der Waals surface area contributed by atoms with Crippen molar-refractivity contribution < 1.29 is 24.2 Å². The lowest BCUT2D eigenvalue weighted by Crippen LogP contribution is -2.58. The fourth-order valence-corrected chi connectivity index (χ4v) is 6.49. The molecule has 1 fully saturated rings. The molecule has 2 heterocycles. The van der Waals surface area contributed by atoms with Gasteiger partial charge in [-0.3, -0.25) is 9.59 Å². The molecular formula is C28H22ClIN2O5. The van der Waals surface area contributed by atoms with Crippen LogP contribution in [-0.4, -0.2) is 34.1 Å². The molecule has 0 unspecified atom stereocenters. The van der Waals surface area contributed by atoms with Gasteiger partial charge in [0.05, 0.1) is 12.6 Å². The number of aliphatic hydroxyl groups is 1. The average Bonchev–Trinajstić information content (AvgIpc) is 3.17. The predicted octanol–water partition coefficient (Wildman–Crippen LogP) is 4.74. The molecule has 2 aliphatic rings. The van der Waals surface area contributed by atoms with Gasteiger partial charge in [-0.25, -0.2) is 0 Å². The van der Waals surface area contributed by atoms with E-state index in [0.717, 1.165) is 5.56 Å². The van der Waals surface area contributed by atoms with E-state index in [1.54, 1.807) is 54.6 Å². The molecule has 2 amide bonds. The van der Waals surface area contributed by atoms with E-state index >= 15 is 0 Å². The number of ether oxygens (including phenoxy) is 2. The Bertz CT molecular complexity index is 1420. The van der Waals surface area contributed by atoms with Crippen molar-refractivity contribution in [3.05, 3.63) is 82.4 Å². The topological polar surface area (TPSA) is 96.9 Å². The van der Waals surface area contributed by atoms with Crippen LogP contribution >= 0.6 is 34.2 Å². The van der Waals surface area contributed by atoms with Crippen molar-refractivity contribution in [2.24, 2.45) is 0 Å². The zero-order valence-electron chi connectivity index (χ0n) is 19.5. The number of hydrogen-bond donors (Lipinski definition) is 3. The maximum atomic E-state index is 13.7. The molecule has 0 aliphatic carbocycles. The molecule has 3 N–H and O–H groups in total. The standard InChI is InChI=1S/C28H22ClIN2O5/c1-2-16-3-10-23(37-19-7-5-18(6-8-19)36-12-11-33)20(13-16)26-28(24(30)15-25(34)32-26)21-9-4-17(29)14-22(21)31-27(28)35/h1,3-10,13-14,24,26,33H,11-12,15H2,(H,31,35)(H,32,34)/t24-,26-,28+/m1/s1. The number of halogens is 2. The molecule has 2 aliphatic heterocycles. The Morgan fingerprint density at radius 3 is 2.59 bits per heavy atom. The first-order valence-electron chi connectivity index (χ1n) is 11.5. The van der Waals surface area contributed by atoms with Crippen molar-refractivity contribution in [3.8, 4) is 29.6 Å². The Labute approximate surface area is 232 Å². The van der Waals surface area contributed by atoms with E-state index in [2.05, 4.69) is 39.1 Å². The smallest absolute Gasteiger partial charge is 0.238 e. The summed E-state index contributed by atoms with van der Waals surface area (Å²) >= 11 is 8.41. The molecule has 5 rings (SSSR count). The first kappa shape index (κ1) is 25.4. The fraction of sp³-hybridized carbons (Fsp3) is 0.214. The summed E-state index contributed by atoms with van der Waals surface area (Å²) in [5.41, 5.74) is 1.44. The highest BCUT2D eigenvalue weighted by Crippen LogP contribution is 2.55. The second-order valence-corrected chi connectivity index (χ2v) is 10.7. The molecule has 3 atom stereocenters. The van der Waals surface area contributed by atoms with E-state index < -0.39 is 11.5 Å². The van der Waals surface area contributed by atoms with Crippen molar-refractivity contribution in [3.63, 3.8) is 0 Å². The number of aliphatic hydroxyl groups excluding tert-OH is 1. The maximum Gasteiger partial charge on any atom is 0.238 e. The molecule has 37 heavy (non-hydrogen) atoms. The zero-order chi connectivity index (χ0) is 26.2. The lowest BCUT2D eigenvalue weighted by Gasteiger charge is -2.44. The Morgan fingerprint density at radius 2 is 1.86 bits per heavy atom. The number of amides is 2. The highest BCUT2D eigenvalue weighted by molar-refractivity contribution is 14.1. The number of anilines is 1. The van der Waals surface area contributed by atoms with Crippen LogP contribution in [0, 0.1) is 12.3 Å². The van der Waals surface area contributed by atoms with Gasteiger partial charge in [0.2, 0.25) is 11.8 Å². The van der Waals surface area contributed by atoms with Crippen molar-refractivity contribution in [1.29, 1.82) is 0 Å². The number of fused-ring (bicyclic) bond motifs is 2. The van der Waals surface area contributed by atoms with Gasteiger partial charge in [-0.05, 0) is 60.2 Å². The maximum absolute atomic E-state index is 13.7. The molecule has 3 aromatic rings. The van der Waals surface area contributed by atoms with Crippen LogP contribution in [0.15, 0.2) is 60.7 Å². The SMILES string of the molecule is C#Cc1ccc(Oc2ccc(OCCO)cc2)c([C@H]2NC(=O)C[C@@H](I)[C@]23C(=O)Nc2cc(Cl)ccc23)c1. The first-order valence-corrected chi connectivity index (χ1v) is 13.2. The summed E-state index contributed by atoms with van der Waals surface area (Å²) < 4.78 is 11.3. The highest BCUT2D eigenvalue weighted by atomic mass is 127. The Morgan fingerprint density at radius 1 is 1.11 bits per heavy atom. The molecule has 0 radical (unpaired) electrons. The van der Waals surface area contributed by atoms with Gasteiger partial charge < -0.3 is 25.2 Å². The van der Waals surface area contributed by atoms with E-state index in [1.807, 2.05) is 6.07 Å². The number of hydrogen-bond acceptors (Lipinski definition) is 5. The number of terminal acetylenes is 1. The van der Waals surface area contributed by atoms with E-state index in [-0.39, 0.29) is 35.4 Å². The molecule has 1 spiro atoms. The summed E-state index contributed by atoms with van der Waals surface area (Å²) in [7, 11) is 0. The third-order valence-corrected chi connectivity index (χ3v) is 8.23. The van der Waals surface area contributed by atoms with Crippen molar-refractivity contribution in [1.82, 2.24) is 5.32 Å². The molecule has 9 heteroatoms. The van der Waals surface area contributed by atoms with Crippen LogP contribution in [-0.2, 0) is 15.0 Å². The summed E-state index contributed by atoms with van der Waals surface area (Å²) in [5, 5.41) is 15.5. The van der Waals surface area contributed by atoms with E-state index in [4.69, 9.17) is 32.6 Å². The number of carbonyl (C=O) groups excluding carboxylic acids is 2. The number of nitrogens with one attached hydrogen (secondary N) is 2. The van der Waals surface area contributed by atoms with Gasteiger partial charge in [-0.1, -0.05) is 46.2 Å². The molecule has 0 saturated carbocycles. The Kier molecular flexibility index (Phi) is 7.03. The molecule has 1 saturated heterocycles. The summed E-state index contributed by atoms with van der Waals surface area (Å²) in [6.45, 7) is 0.103. The van der Waals surface area contributed by atoms with Crippen LogP contribution in [0.4, 0.5) is 5.69 Å². The predicted molar refractivity (Wildman–Crippen MR) is 149 cm³/mol. The van der Waals surface area contributed by atoms with E-state index in [1.165, 1.54) is 0 Å². The van der Waals surface area contributed by atoms with Crippen molar-refractivity contribution >= 4 is 51.7 Å². The average molecular weight is 629 g/mol. The summed E-state index contributed by atoms with van der Waals surface area (Å²) in [6, 6.07) is 16.7. The van der Waals surface area contributed by atoms with Crippen molar-refractivity contribution in [2.75, 3.05) is 18.5 Å². The molecule has 188 valence electrons.